The number of hydrogen-bond donors (Lipinski definition) is 3. The fourth-order valence-corrected chi connectivity index (χ4v) is 4.30. The quantitative estimate of drug-likeness (QED) is 0.122. The lowest BCUT2D eigenvalue weighted by Crippen LogP contribution is -2.24. The first-order chi connectivity index (χ1) is 19.9. The molecule has 224 valence electrons. The number of aryl methyl sites for hydroxylation is 2. The van der Waals surface area contributed by atoms with Crippen molar-refractivity contribution in [1.29, 1.82) is 0 Å². The standard InChI is InChI=1S/C19H22FN.C15H17F3N2O/c1-13-4-3-5-16(10-13)19(21-12-15-6-7-15)17-8-9-18(20)14(2)11-17;1-3-14(21)13(7-10(2)15(16,17)18)20-12-6-4-5-11(8-12)9-19/h3-5,8-11,15,19,21H,6-7,12H2,1-2H3;4-8,20H,2-3,9,19H2,1H3/b;13-7-. The number of Topliss-reactive ketones (excluding diaryl/α,β-unsaturated/α-hetero) is 1. The summed E-state index contributed by atoms with van der Waals surface area (Å²) < 4.78 is 51.1. The second kappa shape index (κ2) is 14.9. The van der Waals surface area contributed by atoms with Crippen LogP contribution in [0.3, 0.4) is 0 Å². The minimum atomic E-state index is -4.57. The number of allylic oxidation sites excluding steroid dienone is 3. The van der Waals surface area contributed by atoms with Gasteiger partial charge < -0.3 is 16.4 Å². The predicted octanol–water partition coefficient (Wildman–Crippen LogP) is 8.07. The highest BCUT2D eigenvalue weighted by atomic mass is 19.4. The average Bonchev–Trinajstić information content (AvgIpc) is 3.79. The van der Waals surface area contributed by atoms with E-state index in [9.17, 15) is 22.4 Å². The van der Waals surface area contributed by atoms with Gasteiger partial charge in [-0.2, -0.15) is 13.2 Å². The van der Waals surface area contributed by atoms with E-state index in [2.05, 4.69) is 48.4 Å². The summed E-state index contributed by atoms with van der Waals surface area (Å²) in [4.78, 5) is 11.8. The van der Waals surface area contributed by atoms with Crippen LogP contribution in [-0.4, -0.2) is 18.5 Å². The van der Waals surface area contributed by atoms with Crippen molar-refractivity contribution in [2.45, 2.75) is 58.8 Å². The van der Waals surface area contributed by atoms with Crippen LogP contribution in [0.1, 0.15) is 60.0 Å². The molecular weight excluding hydrogens is 542 g/mol. The minimum absolute atomic E-state index is 0.0839. The molecule has 1 atom stereocenters. The highest BCUT2D eigenvalue weighted by molar-refractivity contribution is 5.98. The fraction of sp³-hybridized carbons (Fsp3) is 0.324. The van der Waals surface area contributed by atoms with Gasteiger partial charge in [-0.1, -0.05) is 67.6 Å². The summed E-state index contributed by atoms with van der Waals surface area (Å²) in [5.41, 5.74) is 9.93. The number of halogens is 4. The molecule has 0 aliphatic heterocycles. The molecule has 8 heteroatoms. The van der Waals surface area contributed by atoms with Gasteiger partial charge in [0.25, 0.3) is 0 Å². The Morgan fingerprint density at radius 2 is 1.74 bits per heavy atom. The molecule has 1 aliphatic carbocycles. The summed E-state index contributed by atoms with van der Waals surface area (Å²) in [6.45, 7) is 9.79. The number of nitrogens with two attached hydrogens (primary N) is 1. The van der Waals surface area contributed by atoms with E-state index < -0.39 is 17.5 Å². The van der Waals surface area contributed by atoms with Gasteiger partial charge in [0.1, 0.15) is 5.82 Å². The Labute approximate surface area is 245 Å². The van der Waals surface area contributed by atoms with E-state index in [0.717, 1.165) is 29.7 Å². The van der Waals surface area contributed by atoms with E-state index in [4.69, 9.17) is 5.73 Å². The van der Waals surface area contributed by atoms with E-state index in [1.165, 1.54) is 24.0 Å². The fourth-order valence-electron chi connectivity index (χ4n) is 4.30. The maximum Gasteiger partial charge on any atom is 0.415 e. The molecule has 0 spiro atoms. The minimum Gasteiger partial charge on any atom is -0.353 e. The van der Waals surface area contributed by atoms with Crippen LogP contribution >= 0.6 is 0 Å². The SMILES string of the molecule is C=C(/C=C(\Nc1cccc(CN)c1)C(=O)CC)C(F)(F)F.Cc1cccc(C(NCC2CC2)c2ccc(F)c(C)c2)c1. The lowest BCUT2D eigenvalue weighted by Gasteiger charge is -2.21. The Balaban J connectivity index is 0.000000230. The topological polar surface area (TPSA) is 67.1 Å². The van der Waals surface area contributed by atoms with Gasteiger partial charge in [-0.3, -0.25) is 4.79 Å². The lowest BCUT2D eigenvalue weighted by molar-refractivity contribution is -0.115. The number of hydrogen-bond acceptors (Lipinski definition) is 4. The number of carbonyl (C=O) groups is 1. The molecular formula is C34H39F4N3O. The Morgan fingerprint density at radius 1 is 1.05 bits per heavy atom. The van der Waals surface area contributed by atoms with Crippen LogP contribution < -0.4 is 16.4 Å². The number of benzene rings is 3. The highest BCUT2D eigenvalue weighted by Crippen LogP contribution is 2.31. The van der Waals surface area contributed by atoms with Crippen LogP contribution in [0.15, 0.2) is 90.7 Å². The van der Waals surface area contributed by atoms with E-state index in [0.29, 0.717) is 17.8 Å². The highest BCUT2D eigenvalue weighted by Gasteiger charge is 2.31. The normalized spacial score (nSPS) is 14.0. The average molecular weight is 582 g/mol. The second-order valence-electron chi connectivity index (χ2n) is 10.6. The van der Waals surface area contributed by atoms with E-state index >= 15 is 0 Å². The molecule has 0 amide bonds. The first-order valence-electron chi connectivity index (χ1n) is 14.0. The van der Waals surface area contributed by atoms with Gasteiger partial charge in [0.15, 0.2) is 5.78 Å². The van der Waals surface area contributed by atoms with Crippen molar-refractivity contribution in [1.82, 2.24) is 5.32 Å². The second-order valence-corrected chi connectivity index (χ2v) is 10.6. The van der Waals surface area contributed by atoms with Crippen LogP contribution in [0.4, 0.5) is 23.2 Å². The van der Waals surface area contributed by atoms with Crippen LogP contribution in [0.2, 0.25) is 0 Å². The zero-order valence-electron chi connectivity index (χ0n) is 24.3. The van der Waals surface area contributed by atoms with Crippen molar-refractivity contribution >= 4 is 11.5 Å². The molecule has 0 bridgehead atoms. The van der Waals surface area contributed by atoms with Crippen molar-refractivity contribution in [2.75, 3.05) is 11.9 Å². The largest absolute Gasteiger partial charge is 0.415 e. The number of anilines is 1. The van der Waals surface area contributed by atoms with E-state index in [-0.39, 0.29) is 24.0 Å². The summed E-state index contributed by atoms with van der Waals surface area (Å²) in [7, 11) is 0. The van der Waals surface area contributed by atoms with Crippen LogP contribution in [0.5, 0.6) is 0 Å². The monoisotopic (exact) mass is 581 g/mol. The molecule has 4 nitrogen and oxygen atoms in total. The van der Waals surface area contributed by atoms with Gasteiger partial charge in [-0.15, -0.1) is 0 Å². The predicted molar refractivity (Wildman–Crippen MR) is 161 cm³/mol. The summed E-state index contributed by atoms with van der Waals surface area (Å²) in [5, 5.41) is 6.37. The van der Waals surface area contributed by atoms with Crippen LogP contribution in [0, 0.1) is 25.6 Å². The third kappa shape index (κ3) is 9.96. The number of carbonyl (C=O) groups excluding carboxylic acids is 1. The Morgan fingerprint density at radius 3 is 2.33 bits per heavy atom. The maximum absolute atomic E-state index is 13.5. The summed E-state index contributed by atoms with van der Waals surface area (Å²) in [6, 6.07) is 20.9. The van der Waals surface area contributed by atoms with E-state index in [1.807, 2.05) is 19.1 Å². The first-order valence-corrected chi connectivity index (χ1v) is 14.0. The molecule has 0 radical (unpaired) electrons. The zero-order valence-corrected chi connectivity index (χ0v) is 24.3. The molecule has 4 rings (SSSR count). The number of rotatable bonds is 11. The number of alkyl halides is 3. The van der Waals surface area contributed by atoms with Crippen LogP contribution in [-0.2, 0) is 11.3 Å². The van der Waals surface area contributed by atoms with Crippen molar-refractivity contribution in [3.63, 3.8) is 0 Å². The molecule has 42 heavy (non-hydrogen) atoms. The third-order valence-corrected chi connectivity index (χ3v) is 6.94. The molecule has 1 saturated carbocycles. The Hall–Kier alpha value is -3.75. The maximum atomic E-state index is 13.5. The van der Waals surface area contributed by atoms with Gasteiger partial charge >= 0.3 is 6.18 Å². The molecule has 3 aromatic rings. The molecule has 0 heterocycles. The van der Waals surface area contributed by atoms with Crippen molar-refractivity contribution < 1.29 is 22.4 Å². The molecule has 1 fully saturated rings. The zero-order chi connectivity index (χ0) is 30.9. The lowest BCUT2D eigenvalue weighted by atomic mass is 9.96. The van der Waals surface area contributed by atoms with Gasteiger partial charge in [0, 0.05) is 18.7 Å². The third-order valence-electron chi connectivity index (χ3n) is 6.94. The van der Waals surface area contributed by atoms with Crippen molar-refractivity contribution in [2.24, 2.45) is 11.7 Å². The molecule has 1 aliphatic rings. The van der Waals surface area contributed by atoms with Gasteiger partial charge in [0.2, 0.25) is 0 Å². The first kappa shape index (κ1) is 32.8. The van der Waals surface area contributed by atoms with Gasteiger partial charge in [-0.05, 0) is 85.7 Å². The summed E-state index contributed by atoms with van der Waals surface area (Å²) in [5.74, 6) is 0.251. The Bertz CT molecular complexity index is 1410. The molecule has 4 N–H and O–H groups in total. The number of nitrogens with one attached hydrogen (secondary N) is 2. The number of ketones is 1. The van der Waals surface area contributed by atoms with Crippen molar-refractivity contribution in [3.05, 3.63) is 124 Å². The van der Waals surface area contributed by atoms with Crippen LogP contribution in [0.25, 0.3) is 0 Å². The molecule has 0 saturated heterocycles. The smallest absolute Gasteiger partial charge is 0.353 e. The van der Waals surface area contributed by atoms with Gasteiger partial charge in [0.05, 0.1) is 17.3 Å². The molecule has 0 aromatic heterocycles. The summed E-state index contributed by atoms with van der Waals surface area (Å²) in [6.07, 6.45) is -1.10. The van der Waals surface area contributed by atoms with Crippen molar-refractivity contribution in [3.8, 4) is 0 Å². The van der Waals surface area contributed by atoms with Gasteiger partial charge in [-0.25, -0.2) is 4.39 Å². The molecule has 3 aromatic carbocycles. The summed E-state index contributed by atoms with van der Waals surface area (Å²) >= 11 is 0. The Kier molecular flexibility index (Phi) is 11.6. The molecule has 1 unspecified atom stereocenters. The van der Waals surface area contributed by atoms with E-state index in [1.54, 1.807) is 37.3 Å².